The summed E-state index contributed by atoms with van der Waals surface area (Å²) in [7, 11) is 0. The van der Waals surface area contributed by atoms with Crippen molar-refractivity contribution in [2.75, 3.05) is 5.75 Å². The first kappa shape index (κ1) is 14.9. The fourth-order valence-electron chi connectivity index (χ4n) is 0.991. The fraction of sp³-hybridized carbons (Fsp3) is 0.500. The molecule has 1 unspecified atom stereocenters. The monoisotopic (exact) mass is 279 g/mol. The zero-order valence-corrected chi connectivity index (χ0v) is 10.5. The van der Waals surface area contributed by atoms with Crippen LogP contribution in [0.1, 0.15) is 31.2 Å². The van der Waals surface area contributed by atoms with Gasteiger partial charge in [0, 0.05) is 18.0 Å². The summed E-state index contributed by atoms with van der Waals surface area (Å²) >= 11 is -1.35. The molecule has 0 spiro atoms. The second kappa shape index (κ2) is 6.69. The van der Waals surface area contributed by atoms with E-state index in [1.807, 2.05) is 6.92 Å². The molecule has 1 aromatic rings. The van der Waals surface area contributed by atoms with Gasteiger partial charge in [-0.1, -0.05) is 17.7 Å². The summed E-state index contributed by atoms with van der Waals surface area (Å²) < 4.78 is 51.5. The molecule has 0 bridgehead atoms. The molecular weight excluding hydrogens is 267 g/mol. The molecule has 0 aliphatic heterocycles. The van der Waals surface area contributed by atoms with Crippen LogP contribution in [-0.2, 0) is 17.5 Å². The van der Waals surface area contributed by atoms with E-state index in [1.54, 1.807) is 0 Å². The molecule has 0 radical (unpaired) electrons. The zero-order chi connectivity index (χ0) is 13.6. The number of alkyl halides is 3. The van der Waals surface area contributed by atoms with Gasteiger partial charge >= 0.3 is 6.18 Å². The minimum absolute atomic E-state index is 0.285. The van der Waals surface area contributed by atoms with Crippen molar-refractivity contribution in [3.63, 3.8) is 0 Å². The van der Waals surface area contributed by atoms with Gasteiger partial charge in [0.15, 0.2) is 0 Å². The highest BCUT2D eigenvalue weighted by Crippen LogP contribution is 2.25. The number of hydrogen-bond acceptors (Lipinski definition) is 4. The van der Waals surface area contributed by atoms with Gasteiger partial charge in [0.1, 0.15) is 5.75 Å². The SMILES string of the molecule is CCCC[S+]([O-])N=Cc1cnc(C(F)(F)F)nc1. The van der Waals surface area contributed by atoms with Gasteiger partial charge in [-0.05, 0) is 6.42 Å². The van der Waals surface area contributed by atoms with Crippen LogP contribution < -0.4 is 0 Å². The third kappa shape index (κ3) is 5.01. The molecule has 1 rings (SSSR count). The van der Waals surface area contributed by atoms with E-state index in [1.165, 1.54) is 6.21 Å². The Bertz CT molecular complexity index is 394. The standard InChI is InChI=1S/C10H12F3N3OS/c1-2-3-4-18(17)16-7-8-5-14-9(15-6-8)10(11,12)13/h5-7H,2-4H2,1H3. The second-order valence-electron chi connectivity index (χ2n) is 3.45. The first-order chi connectivity index (χ1) is 8.43. The van der Waals surface area contributed by atoms with Crippen molar-refractivity contribution in [3.8, 4) is 0 Å². The van der Waals surface area contributed by atoms with E-state index in [-0.39, 0.29) is 5.56 Å². The first-order valence-electron chi connectivity index (χ1n) is 5.25. The number of nitrogens with zero attached hydrogens (tertiary/aromatic N) is 3. The first-order valence-corrected chi connectivity index (χ1v) is 6.53. The molecular formula is C10H12F3N3OS. The average Bonchev–Trinajstić information content (AvgIpc) is 2.33. The van der Waals surface area contributed by atoms with Crippen molar-refractivity contribution >= 4 is 17.6 Å². The van der Waals surface area contributed by atoms with E-state index in [0.717, 1.165) is 25.2 Å². The predicted molar refractivity (Wildman–Crippen MR) is 62.5 cm³/mol. The lowest BCUT2D eigenvalue weighted by molar-refractivity contribution is -0.145. The quantitative estimate of drug-likeness (QED) is 0.614. The van der Waals surface area contributed by atoms with Crippen LogP contribution in [0, 0.1) is 0 Å². The molecule has 1 aromatic heterocycles. The summed E-state index contributed by atoms with van der Waals surface area (Å²) in [5, 5.41) is 0. The minimum atomic E-state index is -4.56. The third-order valence-electron chi connectivity index (χ3n) is 1.92. The molecule has 0 saturated heterocycles. The van der Waals surface area contributed by atoms with Gasteiger partial charge in [-0.2, -0.15) is 13.2 Å². The van der Waals surface area contributed by atoms with Gasteiger partial charge < -0.3 is 4.55 Å². The Kier molecular flexibility index (Phi) is 5.54. The van der Waals surface area contributed by atoms with E-state index in [9.17, 15) is 17.7 Å². The molecule has 0 N–H and O–H groups in total. The zero-order valence-electron chi connectivity index (χ0n) is 9.65. The lowest BCUT2D eigenvalue weighted by Crippen LogP contribution is -2.11. The van der Waals surface area contributed by atoms with Crippen molar-refractivity contribution in [3.05, 3.63) is 23.8 Å². The minimum Gasteiger partial charge on any atom is -0.591 e. The van der Waals surface area contributed by atoms with Crippen molar-refractivity contribution in [2.24, 2.45) is 4.40 Å². The normalized spacial score (nSPS) is 14.1. The number of rotatable bonds is 5. The Morgan fingerprint density at radius 1 is 1.39 bits per heavy atom. The molecule has 1 heterocycles. The summed E-state index contributed by atoms with van der Waals surface area (Å²) in [4.78, 5) is 6.33. The van der Waals surface area contributed by atoms with Crippen LogP contribution in [0.15, 0.2) is 16.8 Å². The van der Waals surface area contributed by atoms with E-state index < -0.39 is 23.4 Å². The van der Waals surface area contributed by atoms with Gasteiger partial charge in [0.25, 0.3) is 0 Å². The van der Waals surface area contributed by atoms with Crippen LogP contribution in [0.2, 0.25) is 0 Å². The van der Waals surface area contributed by atoms with Crippen LogP contribution in [-0.4, -0.2) is 26.5 Å². The lowest BCUT2D eigenvalue weighted by atomic mass is 10.4. The maximum Gasteiger partial charge on any atom is 0.451 e. The van der Waals surface area contributed by atoms with Gasteiger partial charge in [-0.15, -0.1) is 0 Å². The van der Waals surface area contributed by atoms with Crippen LogP contribution in [0.25, 0.3) is 0 Å². The van der Waals surface area contributed by atoms with Crippen molar-refractivity contribution in [1.29, 1.82) is 0 Å². The molecule has 0 amide bonds. The Balaban J connectivity index is 2.61. The van der Waals surface area contributed by atoms with Gasteiger partial charge in [-0.25, -0.2) is 9.97 Å². The highest BCUT2D eigenvalue weighted by atomic mass is 32.2. The van der Waals surface area contributed by atoms with E-state index in [4.69, 9.17) is 0 Å². The van der Waals surface area contributed by atoms with Crippen molar-refractivity contribution < 1.29 is 17.7 Å². The Hall–Kier alpha value is -1.15. The number of aromatic nitrogens is 2. The molecule has 18 heavy (non-hydrogen) atoms. The molecule has 0 aliphatic carbocycles. The largest absolute Gasteiger partial charge is 0.591 e. The van der Waals surface area contributed by atoms with Crippen molar-refractivity contribution in [2.45, 2.75) is 25.9 Å². The Morgan fingerprint density at radius 2 is 2.00 bits per heavy atom. The summed E-state index contributed by atoms with van der Waals surface area (Å²) in [5.74, 6) is -0.763. The van der Waals surface area contributed by atoms with Crippen LogP contribution in [0.5, 0.6) is 0 Å². The molecule has 4 nitrogen and oxygen atoms in total. The van der Waals surface area contributed by atoms with Crippen molar-refractivity contribution in [1.82, 2.24) is 9.97 Å². The second-order valence-corrected chi connectivity index (χ2v) is 4.71. The highest BCUT2D eigenvalue weighted by Gasteiger charge is 2.34. The van der Waals surface area contributed by atoms with Gasteiger partial charge in [0.05, 0.1) is 17.6 Å². The Morgan fingerprint density at radius 3 is 2.50 bits per heavy atom. The average molecular weight is 279 g/mol. The Labute approximate surface area is 106 Å². The molecule has 0 fully saturated rings. The van der Waals surface area contributed by atoms with E-state index in [2.05, 4.69) is 14.4 Å². The summed E-state index contributed by atoms with van der Waals surface area (Å²) in [5.41, 5.74) is 0.285. The summed E-state index contributed by atoms with van der Waals surface area (Å²) in [6.45, 7) is 1.96. The summed E-state index contributed by atoms with van der Waals surface area (Å²) in [6, 6.07) is 0. The topological polar surface area (TPSA) is 61.2 Å². The molecule has 0 saturated carbocycles. The molecule has 100 valence electrons. The molecule has 0 aromatic carbocycles. The number of unbranched alkanes of at least 4 members (excludes halogenated alkanes) is 1. The van der Waals surface area contributed by atoms with Crippen LogP contribution in [0.3, 0.4) is 0 Å². The van der Waals surface area contributed by atoms with E-state index in [0.29, 0.717) is 5.75 Å². The summed E-state index contributed by atoms with van der Waals surface area (Å²) in [6.07, 6.45) is 0.344. The third-order valence-corrected chi connectivity index (χ3v) is 2.90. The predicted octanol–water partition coefficient (Wildman–Crippen LogP) is 2.38. The molecule has 8 heteroatoms. The molecule has 0 aliphatic rings. The van der Waals surface area contributed by atoms with Gasteiger partial charge in [-0.3, -0.25) is 0 Å². The lowest BCUT2D eigenvalue weighted by Gasteiger charge is -2.03. The number of halogens is 3. The van der Waals surface area contributed by atoms with Crippen LogP contribution >= 0.6 is 0 Å². The fourth-order valence-corrected chi connectivity index (χ4v) is 1.87. The van der Waals surface area contributed by atoms with Gasteiger partial charge in [0.2, 0.25) is 5.82 Å². The van der Waals surface area contributed by atoms with Crippen LogP contribution in [0.4, 0.5) is 13.2 Å². The molecule has 1 atom stereocenters. The van der Waals surface area contributed by atoms with E-state index >= 15 is 0 Å². The number of hydrogen-bond donors (Lipinski definition) is 0. The maximum absolute atomic E-state index is 12.2. The maximum atomic E-state index is 12.2. The highest BCUT2D eigenvalue weighted by molar-refractivity contribution is 7.90. The smallest absolute Gasteiger partial charge is 0.451 e.